The molecule has 1 aliphatic heterocycles. The standard InChI is InChI=1S/C31H35N3O2.3H2S/c1-19-9-13-24-20(15-19)10-11-21-16-22(12-14-25(21)24)26-18-32-29(33-26)28-17-23-7-5-6-8-27(23)34(28)30(35)36-31(2,3)4;;;/h9-16,18,23,27-28H,5-8,17H2,1-4H3,(H,32,33);3*1H2/t23-,27-,28-;;;/m0.../s1. The molecule has 1 saturated carbocycles. The fraction of sp³-hybridized carbons (Fsp3) is 0.419. The van der Waals surface area contributed by atoms with Crippen molar-refractivity contribution in [3.63, 3.8) is 0 Å². The summed E-state index contributed by atoms with van der Waals surface area (Å²) in [6.07, 6.45) is 7.27. The van der Waals surface area contributed by atoms with Gasteiger partial charge in [0, 0.05) is 11.6 Å². The number of nitrogens with one attached hydrogen (secondary N) is 1. The maximum atomic E-state index is 13.3. The van der Waals surface area contributed by atoms with Crippen molar-refractivity contribution in [3.05, 3.63) is 66.1 Å². The van der Waals surface area contributed by atoms with E-state index in [2.05, 4.69) is 60.4 Å². The summed E-state index contributed by atoms with van der Waals surface area (Å²) in [6.45, 7) is 7.93. The molecule has 1 aliphatic carbocycles. The highest BCUT2D eigenvalue weighted by Gasteiger charge is 2.47. The monoisotopic (exact) mass is 583 g/mol. The first-order chi connectivity index (χ1) is 17.3. The van der Waals surface area contributed by atoms with E-state index in [0.29, 0.717) is 5.92 Å². The van der Waals surface area contributed by atoms with Crippen molar-refractivity contribution in [1.82, 2.24) is 14.9 Å². The van der Waals surface area contributed by atoms with Gasteiger partial charge < -0.3 is 9.72 Å². The number of carbonyl (C=O) groups excluding carboxylic acids is 1. The van der Waals surface area contributed by atoms with E-state index in [1.54, 1.807) is 0 Å². The van der Waals surface area contributed by atoms with Crippen molar-refractivity contribution in [2.75, 3.05) is 0 Å². The zero-order chi connectivity index (χ0) is 25.0. The van der Waals surface area contributed by atoms with Crippen LogP contribution in [0.15, 0.2) is 54.7 Å². The number of hydrogen-bond donors (Lipinski definition) is 1. The largest absolute Gasteiger partial charge is 0.444 e. The quantitative estimate of drug-likeness (QED) is 0.242. The Hall–Kier alpha value is -2.29. The predicted molar refractivity (Wildman–Crippen MR) is 176 cm³/mol. The second-order valence-electron chi connectivity index (χ2n) is 11.7. The summed E-state index contributed by atoms with van der Waals surface area (Å²) in [6, 6.07) is 17.8. The summed E-state index contributed by atoms with van der Waals surface area (Å²) in [5.74, 6) is 1.38. The lowest BCUT2D eigenvalue weighted by atomic mass is 9.85. The van der Waals surface area contributed by atoms with Crippen LogP contribution in [0.5, 0.6) is 0 Å². The SMILES string of the molecule is Cc1ccc2c(ccc3cc(-c4cnc([C@@H]5C[C@@H]6CCCC[C@@H]6N5C(=O)OC(C)(C)C)[nH]4)ccc32)c1.S.S.S. The highest BCUT2D eigenvalue weighted by atomic mass is 32.1. The molecule has 6 rings (SSSR count). The number of H-pyrrole nitrogens is 1. The van der Waals surface area contributed by atoms with Crippen molar-refractivity contribution >= 4 is 68.1 Å². The van der Waals surface area contributed by atoms with E-state index in [9.17, 15) is 4.79 Å². The molecule has 0 radical (unpaired) electrons. The number of carbonyl (C=O) groups is 1. The third-order valence-corrected chi connectivity index (χ3v) is 7.91. The molecule has 1 amide bonds. The van der Waals surface area contributed by atoms with E-state index in [1.165, 1.54) is 46.4 Å². The van der Waals surface area contributed by atoms with Gasteiger partial charge in [-0.3, -0.25) is 4.90 Å². The van der Waals surface area contributed by atoms with Gasteiger partial charge in [-0.25, -0.2) is 9.78 Å². The first-order valence-electron chi connectivity index (χ1n) is 13.3. The Morgan fingerprint density at radius 2 is 1.62 bits per heavy atom. The van der Waals surface area contributed by atoms with Crippen LogP contribution in [0, 0.1) is 12.8 Å². The molecule has 0 spiro atoms. The fourth-order valence-corrected chi connectivity index (χ4v) is 6.29. The number of rotatable bonds is 2. The molecule has 2 aliphatic rings. The highest BCUT2D eigenvalue weighted by Crippen LogP contribution is 2.46. The van der Waals surface area contributed by atoms with E-state index in [4.69, 9.17) is 9.72 Å². The van der Waals surface area contributed by atoms with Crippen LogP contribution in [-0.4, -0.2) is 32.6 Å². The van der Waals surface area contributed by atoms with Crippen LogP contribution in [-0.2, 0) is 4.74 Å². The molecule has 39 heavy (non-hydrogen) atoms. The maximum absolute atomic E-state index is 13.3. The van der Waals surface area contributed by atoms with Gasteiger partial charge in [0.15, 0.2) is 0 Å². The summed E-state index contributed by atoms with van der Waals surface area (Å²) >= 11 is 0. The van der Waals surface area contributed by atoms with Gasteiger partial charge in [-0.1, -0.05) is 60.9 Å². The van der Waals surface area contributed by atoms with Crippen LogP contribution in [0.4, 0.5) is 4.79 Å². The van der Waals surface area contributed by atoms with E-state index in [0.717, 1.165) is 29.9 Å². The average molecular weight is 584 g/mol. The zero-order valence-electron chi connectivity index (χ0n) is 23.2. The molecule has 2 heterocycles. The van der Waals surface area contributed by atoms with Crippen LogP contribution in [0.3, 0.4) is 0 Å². The van der Waals surface area contributed by atoms with Crippen molar-refractivity contribution in [1.29, 1.82) is 0 Å². The van der Waals surface area contributed by atoms with Crippen molar-refractivity contribution in [3.8, 4) is 11.3 Å². The minimum atomic E-state index is -0.517. The minimum absolute atomic E-state index is 0. The lowest BCUT2D eigenvalue weighted by Gasteiger charge is -2.34. The summed E-state index contributed by atoms with van der Waals surface area (Å²) in [5, 5.41) is 5.01. The van der Waals surface area contributed by atoms with Gasteiger partial charge in [0.05, 0.1) is 17.9 Å². The van der Waals surface area contributed by atoms with Gasteiger partial charge in [0.2, 0.25) is 0 Å². The van der Waals surface area contributed by atoms with E-state index in [1.807, 2.05) is 31.9 Å². The van der Waals surface area contributed by atoms with E-state index in [-0.39, 0.29) is 58.7 Å². The number of ether oxygens (including phenoxy) is 1. The van der Waals surface area contributed by atoms with Gasteiger partial charge >= 0.3 is 6.09 Å². The molecular weight excluding hydrogens is 543 g/mol. The molecule has 3 atom stereocenters. The molecule has 0 unspecified atom stereocenters. The Labute approximate surface area is 252 Å². The molecule has 8 heteroatoms. The first kappa shape index (κ1) is 31.2. The van der Waals surface area contributed by atoms with Crippen molar-refractivity contribution in [2.24, 2.45) is 5.92 Å². The Morgan fingerprint density at radius 3 is 2.33 bits per heavy atom. The third-order valence-electron chi connectivity index (χ3n) is 7.91. The van der Waals surface area contributed by atoms with E-state index >= 15 is 0 Å². The Kier molecular flexibility index (Phi) is 9.67. The highest BCUT2D eigenvalue weighted by molar-refractivity contribution is 7.59. The molecule has 1 saturated heterocycles. The van der Waals surface area contributed by atoms with Gasteiger partial charge in [-0.15, -0.1) is 0 Å². The number of benzene rings is 3. The number of imidazole rings is 1. The van der Waals surface area contributed by atoms with Gasteiger partial charge in [-0.2, -0.15) is 40.5 Å². The summed E-state index contributed by atoms with van der Waals surface area (Å²) in [4.78, 5) is 23.7. The summed E-state index contributed by atoms with van der Waals surface area (Å²) in [5.41, 5.74) is 2.84. The fourth-order valence-electron chi connectivity index (χ4n) is 6.29. The Bertz CT molecular complexity index is 1460. The average Bonchev–Trinajstić information content (AvgIpc) is 3.47. The molecule has 0 bridgehead atoms. The van der Waals surface area contributed by atoms with Gasteiger partial charge in [0.25, 0.3) is 0 Å². The summed E-state index contributed by atoms with van der Waals surface area (Å²) in [7, 11) is 0. The first-order valence-corrected chi connectivity index (χ1v) is 13.3. The zero-order valence-corrected chi connectivity index (χ0v) is 26.2. The molecule has 1 aromatic heterocycles. The van der Waals surface area contributed by atoms with Crippen LogP contribution >= 0.6 is 40.5 Å². The molecule has 1 N–H and O–H groups in total. The maximum Gasteiger partial charge on any atom is 0.411 e. The molecule has 210 valence electrons. The normalized spacial score (nSPS) is 20.5. The smallest absolute Gasteiger partial charge is 0.411 e. The van der Waals surface area contributed by atoms with Gasteiger partial charge in [0.1, 0.15) is 11.4 Å². The van der Waals surface area contributed by atoms with Crippen LogP contribution in [0.25, 0.3) is 32.8 Å². The van der Waals surface area contributed by atoms with Crippen molar-refractivity contribution in [2.45, 2.75) is 77.5 Å². The number of hydrogen-bond acceptors (Lipinski definition) is 3. The van der Waals surface area contributed by atoms with Gasteiger partial charge in [-0.05, 0) is 80.5 Å². The number of nitrogens with zero attached hydrogens (tertiary/aromatic N) is 2. The lowest BCUT2D eigenvalue weighted by Crippen LogP contribution is -2.43. The molecule has 3 aromatic carbocycles. The van der Waals surface area contributed by atoms with Crippen LogP contribution < -0.4 is 0 Å². The third kappa shape index (κ3) is 6.08. The number of aryl methyl sites for hydroxylation is 1. The Morgan fingerprint density at radius 1 is 0.949 bits per heavy atom. The number of fused-ring (bicyclic) bond motifs is 4. The number of aromatic nitrogens is 2. The van der Waals surface area contributed by atoms with Crippen molar-refractivity contribution < 1.29 is 9.53 Å². The summed E-state index contributed by atoms with van der Waals surface area (Å²) < 4.78 is 5.85. The Balaban J connectivity index is 0.00000140. The molecular formula is C31H41N3O2S3. The topological polar surface area (TPSA) is 58.2 Å². The van der Waals surface area contributed by atoms with Crippen LogP contribution in [0.1, 0.15) is 70.3 Å². The van der Waals surface area contributed by atoms with Crippen LogP contribution in [0.2, 0.25) is 0 Å². The number of aromatic amines is 1. The number of amides is 1. The lowest BCUT2D eigenvalue weighted by molar-refractivity contribution is 0.00951. The second-order valence-corrected chi connectivity index (χ2v) is 11.7. The molecule has 2 fully saturated rings. The predicted octanol–water partition coefficient (Wildman–Crippen LogP) is 8.27. The second kappa shape index (κ2) is 12.1. The minimum Gasteiger partial charge on any atom is -0.444 e. The van der Waals surface area contributed by atoms with E-state index < -0.39 is 5.60 Å². The molecule has 4 aromatic rings. The number of likely N-dealkylation sites (tertiary alicyclic amines) is 1. The molecule has 5 nitrogen and oxygen atoms in total.